The first kappa shape index (κ1) is 11.4. The van der Waals surface area contributed by atoms with Crippen LogP contribution in [0.25, 0.3) is 0 Å². The Labute approximate surface area is 90.5 Å². The van der Waals surface area contributed by atoms with Crippen molar-refractivity contribution in [2.75, 3.05) is 13.1 Å². The second-order valence-corrected chi connectivity index (χ2v) is 3.97. The highest BCUT2D eigenvalue weighted by Gasteiger charge is 2.36. The first-order valence-electron chi connectivity index (χ1n) is 4.99. The molecule has 2 rings (SSSR count). The predicted molar refractivity (Wildman–Crippen MR) is 51.7 cm³/mol. The summed E-state index contributed by atoms with van der Waals surface area (Å²) < 4.78 is 51.0. The average Bonchev–Trinajstić information content (AvgIpc) is 2.66. The van der Waals surface area contributed by atoms with E-state index in [4.69, 9.17) is 0 Å². The molecular weight excluding hydrogens is 222 g/mol. The van der Waals surface area contributed by atoms with Crippen molar-refractivity contribution in [1.29, 1.82) is 0 Å². The minimum atomic E-state index is -4.37. The van der Waals surface area contributed by atoms with Gasteiger partial charge in [-0.25, -0.2) is 4.39 Å². The van der Waals surface area contributed by atoms with Crippen LogP contribution in [0.15, 0.2) is 24.3 Å². The third kappa shape index (κ3) is 2.04. The maximum absolute atomic E-state index is 14.1. The van der Waals surface area contributed by atoms with Gasteiger partial charge in [0.2, 0.25) is 0 Å². The zero-order chi connectivity index (χ0) is 11.8. The van der Waals surface area contributed by atoms with Crippen molar-refractivity contribution in [3.05, 3.63) is 35.4 Å². The zero-order valence-corrected chi connectivity index (χ0v) is 8.44. The van der Waals surface area contributed by atoms with Crippen LogP contribution in [0.5, 0.6) is 0 Å². The van der Waals surface area contributed by atoms with E-state index >= 15 is 0 Å². The normalized spacial score (nSPS) is 26.0. The number of nitrogens with one attached hydrogen (secondary N) is 1. The number of rotatable bonds is 1. The van der Waals surface area contributed by atoms with Gasteiger partial charge in [-0.2, -0.15) is 13.2 Å². The van der Waals surface area contributed by atoms with Gasteiger partial charge < -0.3 is 5.32 Å². The van der Waals surface area contributed by atoms with Crippen molar-refractivity contribution in [3.63, 3.8) is 0 Å². The molecule has 1 nitrogen and oxygen atoms in total. The van der Waals surface area contributed by atoms with Crippen LogP contribution in [0, 0.1) is 0 Å². The zero-order valence-electron chi connectivity index (χ0n) is 8.44. The van der Waals surface area contributed by atoms with Gasteiger partial charge in [0.05, 0.1) is 5.56 Å². The molecule has 1 aromatic rings. The van der Waals surface area contributed by atoms with Crippen LogP contribution in [-0.2, 0) is 11.8 Å². The average molecular weight is 233 g/mol. The van der Waals surface area contributed by atoms with Gasteiger partial charge in [-0.1, -0.05) is 12.1 Å². The van der Waals surface area contributed by atoms with E-state index in [9.17, 15) is 17.6 Å². The quantitative estimate of drug-likeness (QED) is 0.735. The number of halogens is 4. The Morgan fingerprint density at radius 2 is 1.75 bits per heavy atom. The SMILES string of the molecule is FC(F)(F)c1ccc([C@@]2(F)CCNC2)cc1. The van der Waals surface area contributed by atoms with E-state index in [1.807, 2.05) is 0 Å². The molecule has 1 atom stereocenters. The Bertz CT molecular complexity index is 363. The molecule has 0 saturated carbocycles. The van der Waals surface area contributed by atoms with E-state index in [2.05, 4.69) is 5.32 Å². The molecule has 16 heavy (non-hydrogen) atoms. The Morgan fingerprint density at radius 1 is 1.12 bits per heavy atom. The standard InChI is InChI=1S/C11H11F4N/c12-10(5-6-16-7-10)8-1-3-9(4-2-8)11(13,14)15/h1-4,16H,5-7H2/t10-/m1/s1. The van der Waals surface area contributed by atoms with Crippen LogP contribution in [0.1, 0.15) is 17.5 Å². The highest BCUT2D eigenvalue weighted by molar-refractivity contribution is 5.29. The lowest BCUT2D eigenvalue weighted by Crippen LogP contribution is -2.23. The van der Waals surface area contributed by atoms with Gasteiger partial charge in [0.15, 0.2) is 0 Å². The molecule has 0 aliphatic carbocycles. The number of alkyl halides is 4. The highest BCUT2D eigenvalue weighted by Crippen LogP contribution is 2.35. The summed E-state index contributed by atoms with van der Waals surface area (Å²) in [6.45, 7) is 0.718. The second-order valence-electron chi connectivity index (χ2n) is 3.97. The fourth-order valence-corrected chi connectivity index (χ4v) is 1.87. The third-order valence-electron chi connectivity index (χ3n) is 2.83. The fraction of sp³-hybridized carbons (Fsp3) is 0.455. The summed E-state index contributed by atoms with van der Waals surface area (Å²) in [7, 11) is 0. The molecule has 0 unspecified atom stereocenters. The van der Waals surface area contributed by atoms with Crippen molar-refractivity contribution >= 4 is 0 Å². The van der Waals surface area contributed by atoms with E-state index in [1.165, 1.54) is 12.1 Å². The number of hydrogen-bond donors (Lipinski definition) is 1. The molecule has 0 aromatic heterocycles. The van der Waals surface area contributed by atoms with Crippen molar-refractivity contribution in [1.82, 2.24) is 5.32 Å². The lowest BCUT2D eigenvalue weighted by atomic mass is 9.94. The highest BCUT2D eigenvalue weighted by atomic mass is 19.4. The summed E-state index contributed by atoms with van der Waals surface area (Å²) in [6.07, 6.45) is -4.06. The summed E-state index contributed by atoms with van der Waals surface area (Å²) in [5, 5.41) is 2.86. The molecule has 1 aliphatic heterocycles. The van der Waals surface area contributed by atoms with Gasteiger partial charge in [-0.15, -0.1) is 0 Å². The minimum Gasteiger partial charge on any atom is -0.313 e. The maximum atomic E-state index is 14.1. The lowest BCUT2D eigenvalue weighted by molar-refractivity contribution is -0.137. The van der Waals surface area contributed by atoms with Crippen molar-refractivity contribution in [3.8, 4) is 0 Å². The fourth-order valence-electron chi connectivity index (χ4n) is 1.87. The molecule has 1 fully saturated rings. The van der Waals surface area contributed by atoms with E-state index < -0.39 is 17.4 Å². The topological polar surface area (TPSA) is 12.0 Å². The van der Waals surface area contributed by atoms with Crippen molar-refractivity contribution in [2.24, 2.45) is 0 Å². The molecule has 1 aromatic carbocycles. The van der Waals surface area contributed by atoms with Gasteiger partial charge in [0, 0.05) is 6.54 Å². The Balaban J connectivity index is 2.26. The van der Waals surface area contributed by atoms with Gasteiger partial charge in [0.1, 0.15) is 5.67 Å². The maximum Gasteiger partial charge on any atom is 0.416 e. The van der Waals surface area contributed by atoms with Crippen LogP contribution in [0.4, 0.5) is 17.6 Å². The Hall–Kier alpha value is -1.10. The Kier molecular flexibility index (Phi) is 2.66. The molecular formula is C11H11F4N. The van der Waals surface area contributed by atoms with Gasteiger partial charge >= 0.3 is 6.18 Å². The van der Waals surface area contributed by atoms with Gasteiger partial charge in [-0.3, -0.25) is 0 Å². The number of benzene rings is 1. The molecule has 5 heteroatoms. The largest absolute Gasteiger partial charge is 0.416 e. The van der Waals surface area contributed by atoms with Crippen LogP contribution < -0.4 is 5.32 Å². The monoisotopic (exact) mass is 233 g/mol. The number of hydrogen-bond acceptors (Lipinski definition) is 1. The summed E-state index contributed by atoms with van der Waals surface area (Å²) in [4.78, 5) is 0. The molecule has 1 aliphatic rings. The minimum absolute atomic E-state index is 0.165. The van der Waals surface area contributed by atoms with E-state index in [0.29, 0.717) is 18.5 Å². The van der Waals surface area contributed by atoms with E-state index in [-0.39, 0.29) is 6.54 Å². The third-order valence-corrected chi connectivity index (χ3v) is 2.83. The molecule has 0 bridgehead atoms. The van der Waals surface area contributed by atoms with Crippen LogP contribution >= 0.6 is 0 Å². The molecule has 88 valence electrons. The summed E-state index contributed by atoms with van der Waals surface area (Å²) in [5.74, 6) is 0. The first-order valence-corrected chi connectivity index (χ1v) is 4.99. The molecule has 0 amide bonds. The van der Waals surface area contributed by atoms with Crippen molar-refractivity contribution < 1.29 is 17.6 Å². The van der Waals surface area contributed by atoms with Crippen LogP contribution in [0.3, 0.4) is 0 Å². The molecule has 1 N–H and O–H groups in total. The van der Waals surface area contributed by atoms with Gasteiger partial charge in [-0.05, 0) is 30.7 Å². The molecule has 0 radical (unpaired) electrons. The molecule has 0 spiro atoms. The van der Waals surface area contributed by atoms with E-state index in [0.717, 1.165) is 12.1 Å². The van der Waals surface area contributed by atoms with Crippen LogP contribution in [0.2, 0.25) is 0 Å². The molecule has 1 saturated heterocycles. The van der Waals surface area contributed by atoms with Crippen LogP contribution in [-0.4, -0.2) is 13.1 Å². The summed E-state index contributed by atoms with van der Waals surface area (Å²) >= 11 is 0. The van der Waals surface area contributed by atoms with E-state index in [1.54, 1.807) is 0 Å². The van der Waals surface area contributed by atoms with Crippen molar-refractivity contribution in [2.45, 2.75) is 18.3 Å². The Morgan fingerprint density at radius 3 is 2.19 bits per heavy atom. The van der Waals surface area contributed by atoms with Gasteiger partial charge in [0.25, 0.3) is 0 Å². The summed E-state index contributed by atoms with van der Waals surface area (Å²) in [6, 6.07) is 4.29. The lowest BCUT2D eigenvalue weighted by Gasteiger charge is -2.19. The second kappa shape index (κ2) is 3.73. The smallest absolute Gasteiger partial charge is 0.313 e. The first-order chi connectivity index (χ1) is 7.42. The molecule has 1 heterocycles. The predicted octanol–water partition coefficient (Wildman–Crippen LogP) is 2.86. The summed E-state index contributed by atoms with van der Waals surface area (Å²) in [5.41, 5.74) is -1.96.